The van der Waals surface area contributed by atoms with Crippen LogP contribution in [0.25, 0.3) is 0 Å². The first-order chi connectivity index (χ1) is 12.2. The molecule has 0 aliphatic rings. The summed E-state index contributed by atoms with van der Waals surface area (Å²) in [5.41, 5.74) is 0.809. The molecule has 2 aromatic rings. The number of carbonyl (C=O) groups is 1. The van der Waals surface area contributed by atoms with Gasteiger partial charge in [0, 0.05) is 11.3 Å². The number of carbonyl (C=O) groups excluding carboxylic acids is 1. The van der Waals surface area contributed by atoms with Gasteiger partial charge in [0.05, 0.1) is 10.9 Å². The number of halogens is 1. The summed E-state index contributed by atoms with van der Waals surface area (Å²) < 4.78 is 28.8. The molecule has 7 heteroatoms. The van der Waals surface area contributed by atoms with Gasteiger partial charge in [-0.2, -0.15) is 0 Å². The second kappa shape index (κ2) is 8.56. The van der Waals surface area contributed by atoms with Crippen LogP contribution < -0.4 is 10.1 Å². The molecular weight excluding hydrogens is 374 g/mol. The standard InChI is InChI=1S/C19H22ClNO4S/c1-4-18(25-16-7-5-6-15(20)12-16)19(22)21-13(2)14-8-10-17(11-9-14)26(3,23)24/h5-13,18H,4H2,1-3H3,(H,21,22). The molecule has 2 unspecified atom stereocenters. The molecule has 0 fully saturated rings. The Bertz CT molecular complexity index is 865. The maximum atomic E-state index is 12.5. The van der Waals surface area contributed by atoms with Crippen LogP contribution in [0.15, 0.2) is 53.4 Å². The van der Waals surface area contributed by atoms with E-state index in [2.05, 4.69) is 5.32 Å². The summed E-state index contributed by atoms with van der Waals surface area (Å²) in [5.74, 6) is 0.289. The van der Waals surface area contributed by atoms with E-state index >= 15 is 0 Å². The van der Waals surface area contributed by atoms with Crippen molar-refractivity contribution in [2.24, 2.45) is 0 Å². The van der Waals surface area contributed by atoms with Crippen molar-refractivity contribution in [3.8, 4) is 5.75 Å². The van der Waals surface area contributed by atoms with E-state index in [1.54, 1.807) is 36.4 Å². The third-order valence-electron chi connectivity index (χ3n) is 3.90. The Morgan fingerprint density at radius 2 is 1.85 bits per heavy atom. The van der Waals surface area contributed by atoms with Crippen LogP contribution in [-0.4, -0.2) is 26.7 Å². The summed E-state index contributed by atoms with van der Waals surface area (Å²) in [4.78, 5) is 12.8. The maximum Gasteiger partial charge on any atom is 0.261 e. The number of ether oxygens (including phenoxy) is 1. The first-order valence-corrected chi connectivity index (χ1v) is 10.5. The zero-order valence-electron chi connectivity index (χ0n) is 14.9. The van der Waals surface area contributed by atoms with Gasteiger partial charge < -0.3 is 10.1 Å². The molecule has 0 aliphatic carbocycles. The van der Waals surface area contributed by atoms with Crippen LogP contribution in [0.5, 0.6) is 5.75 Å². The molecule has 2 rings (SSSR count). The smallest absolute Gasteiger partial charge is 0.261 e. The van der Waals surface area contributed by atoms with Gasteiger partial charge in [-0.05, 0) is 49.2 Å². The van der Waals surface area contributed by atoms with E-state index in [1.165, 1.54) is 12.1 Å². The van der Waals surface area contributed by atoms with Crippen molar-refractivity contribution >= 4 is 27.3 Å². The van der Waals surface area contributed by atoms with Crippen LogP contribution in [0.3, 0.4) is 0 Å². The SMILES string of the molecule is CCC(Oc1cccc(Cl)c1)C(=O)NC(C)c1ccc(S(C)(=O)=O)cc1. The van der Waals surface area contributed by atoms with Crippen LogP contribution in [0.2, 0.25) is 5.02 Å². The Balaban J connectivity index is 2.04. The van der Waals surface area contributed by atoms with Gasteiger partial charge in [-0.1, -0.05) is 36.7 Å². The molecule has 0 spiro atoms. The van der Waals surface area contributed by atoms with E-state index in [4.69, 9.17) is 16.3 Å². The average molecular weight is 396 g/mol. The van der Waals surface area contributed by atoms with E-state index in [0.29, 0.717) is 17.2 Å². The fourth-order valence-corrected chi connectivity index (χ4v) is 3.23. The van der Waals surface area contributed by atoms with E-state index in [0.717, 1.165) is 11.8 Å². The molecule has 2 atom stereocenters. The van der Waals surface area contributed by atoms with Crippen molar-refractivity contribution in [2.75, 3.05) is 6.26 Å². The molecular formula is C19H22ClNO4S. The minimum absolute atomic E-state index is 0.243. The highest BCUT2D eigenvalue weighted by Crippen LogP contribution is 2.20. The maximum absolute atomic E-state index is 12.5. The molecule has 0 radical (unpaired) electrons. The van der Waals surface area contributed by atoms with Gasteiger partial charge in [0.25, 0.3) is 5.91 Å². The fourth-order valence-electron chi connectivity index (χ4n) is 2.42. The lowest BCUT2D eigenvalue weighted by molar-refractivity contribution is -0.128. The van der Waals surface area contributed by atoms with E-state index in [-0.39, 0.29) is 16.8 Å². The number of sulfone groups is 1. The average Bonchev–Trinajstić information content (AvgIpc) is 2.59. The number of nitrogens with one attached hydrogen (secondary N) is 1. The van der Waals surface area contributed by atoms with Gasteiger partial charge in [0.1, 0.15) is 5.75 Å². The Morgan fingerprint density at radius 3 is 2.38 bits per heavy atom. The molecule has 0 heterocycles. The van der Waals surface area contributed by atoms with Crippen molar-refractivity contribution in [3.63, 3.8) is 0 Å². The molecule has 140 valence electrons. The summed E-state index contributed by atoms with van der Waals surface area (Å²) in [6.07, 6.45) is 1.01. The van der Waals surface area contributed by atoms with Crippen LogP contribution in [0.1, 0.15) is 31.9 Å². The minimum Gasteiger partial charge on any atom is -0.481 e. The summed E-state index contributed by atoms with van der Waals surface area (Å²) in [6, 6.07) is 13.1. The van der Waals surface area contributed by atoms with Crippen molar-refractivity contribution in [1.82, 2.24) is 5.32 Å². The molecule has 26 heavy (non-hydrogen) atoms. The predicted octanol–water partition coefficient (Wildman–Crippen LogP) is 3.78. The Hall–Kier alpha value is -2.05. The molecule has 1 N–H and O–H groups in total. The molecule has 0 aliphatic heterocycles. The highest BCUT2D eigenvalue weighted by atomic mass is 35.5. The molecule has 0 saturated heterocycles. The van der Waals surface area contributed by atoms with Gasteiger partial charge in [0.15, 0.2) is 15.9 Å². The van der Waals surface area contributed by atoms with Crippen molar-refractivity contribution in [2.45, 2.75) is 37.3 Å². The van der Waals surface area contributed by atoms with Gasteiger partial charge in [0.2, 0.25) is 0 Å². The van der Waals surface area contributed by atoms with Crippen molar-refractivity contribution < 1.29 is 17.9 Å². The first-order valence-electron chi connectivity index (χ1n) is 8.23. The van der Waals surface area contributed by atoms with Gasteiger partial charge in [-0.25, -0.2) is 8.42 Å². The number of benzene rings is 2. The lowest BCUT2D eigenvalue weighted by Crippen LogP contribution is -2.39. The Morgan fingerprint density at radius 1 is 1.19 bits per heavy atom. The largest absolute Gasteiger partial charge is 0.481 e. The van der Waals surface area contributed by atoms with E-state index in [9.17, 15) is 13.2 Å². The summed E-state index contributed by atoms with van der Waals surface area (Å²) >= 11 is 5.94. The quantitative estimate of drug-likeness (QED) is 0.774. The molecule has 0 saturated carbocycles. The molecule has 0 bridgehead atoms. The van der Waals surface area contributed by atoms with Gasteiger partial charge in [-0.15, -0.1) is 0 Å². The number of hydrogen-bond acceptors (Lipinski definition) is 4. The second-order valence-electron chi connectivity index (χ2n) is 6.04. The fraction of sp³-hybridized carbons (Fsp3) is 0.316. The van der Waals surface area contributed by atoms with E-state index < -0.39 is 15.9 Å². The minimum atomic E-state index is -3.24. The van der Waals surface area contributed by atoms with Gasteiger partial charge in [-0.3, -0.25) is 4.79 Å². The molecule has 0 aromatic heterocycles. The van der Waals surface area contributed by atoms with E-state index in [1.807, 2.05) is 13.8 Å². The number of rotatable bonds is 7. The predicted molar refractivity (Wildman–Crippen MR) is 102 cm³/mol. The third kappa shape index (κ3) is 5.47. The lowest BCUT2D eigenvalue weighted by atomic mass is 10.1. The lowest BCUT2D eigenvalue weighted by Gasteiger charge is -2.21. The van der Waals surface area contributed by atoms with Crippen LogP contribution in [-0.2, 0) is 14.6 Å². The highest BCUT2D eigenvalue weighted by Gasteiger charge is 2.21. The Kier molecular flexibility index (Phi) is 6.67. The highest BCUT2D eigenvalue weighted by molar-refractivity contribution is 7.90. The summed E-state index contributed by atoms with van der Waals surface area (Å²) in [5, 5.41) is 3.43. The molecule has 5 nitrogen and oxygen atoms in total. The van der Waals surface area contributed by atoms with Crippen LogP contribution >= 0.6 is 11.6 Å². The molecule has 2 aromatic carbocycles. The summed E-state index contributed by atoms with van der Waals surface area (Å²) in [7, 11) is -3.24. The van der Waals surface area contributed by atoms with Gasteiger partial charge >= 0.3 is 0 Å². The van der Waals surface area contributed by atoms with Crippen LogP contribution in [0, 0.1) is 0 Å². The zero-order chi connectivity index (χ0) is 19.3. The normalized spacial score (nSPS) is 13.7. The monoisotopic (exact) mass is 395 g/mol. The summed E-state index contributed by atoms with van der Waals surface area (Å²) in [6.45, 7) is 3.69. The number of hydrogen-bond donors (Lipinski definition) is 1. The number of amides is 1. The zero-order valence-corrected chi connectivity index (χ0v) is 16.5. The van der Waals surface area contributed by atoms with Crippen molar-refractivity contribution in [3.05, 3.63) is 59.1 Å². The first kappa shape index (κ1) is 20.3. The third-order valence-corrected chi connectivity index (χ3v) is 5.27. The topological polar surface area (TPSA) is 72.5 Å². The Labute approximate surface area is 159 Å². The van der Waals surface area contributed by atoms with Crippen LogP contribution in [0.4, 0.5) is 0 Å². The molecule has 1 amide bonds. The second-order valence-corrected chi connectivity index (χ2v) is 8.50. The van der Waals surface area contributed by atoms with Crippen molar-refractivity contribution in [1.29, 1.82) is 0 Å².